The van der Waals surface area contributed by atoms with Crippen LogP contribution < -0.4 is 0 Å². The van der Waals surface area contributed by atoms with Gasteiger partial charge in [-0.1, -0.05) is 30.3 Å². The van der Waals surface area contributed by atoms with E-state index in [-0.39, 0.29) is 16.8 Å². The zero-order chi connectivity index (χ0) is 17.7. The number of aliphatic imine (C=N–C) groups is 1. The van der Waals surface area contributed by atoms with E-state index in [1.165, 1.54) is 0 Å². The number of nitrogens with one attached hydrogen (secondary N) is 1. The number of fused-ring (bicyclic) bond motifs is 1. The molecule has 3 aromatic rings. The van der Waals surface area contributed by atoms with Gasteiger partial charge in [-0.05, 0) is 17.7 Å². The molecular weight excluding hydrogens is 333 g/mol. The Morgan fingerprint density at radius 1 is 0.880 bits per heavy atom. The number of hydrogen-bond donors (Lipinski definition) is 2. The van der Waals surface area contributed by atoms with Crippen molar-refractivity contribution in [3.63, 3.8) is 0 Å². The van der Waals surface area contributed by atoms with Crippen molar-refractivity contribution in [2.45, 2.75) is 0 Å². The Morgan fingerprint density at radius 2 is 1.56 bits per heavy atom. The molecule has 0 saturated heterocycles. The van der Waals surface area contributed by atoms with E-state index in [1.807, 2.05) is 0 Å². The van der Waals surface area contributed by atoms with E-state index in [1.54, 1.807) is 30.3 Å². The maximum Gasteiger partial charge on any atom is 0.280 e. The fourth-order valence-corrected chi connectivity index (χ4v) is 2.89. The van der Waals surface area contributed by atoms with E-state index in [2.05, 4.69) is 9.98 Å². The van der Waals surface area contributed by atoms with Gasteiger partial charge in [-0.15, -0.1) is 0 Å². The molecule has 0 bridgehead atoms. The molecule has 25 heavy (non-hydrogen) atoms. The van der Waals surface area contributed by atoms with Crippen molar-refractivity contribution in [2.24, 2.45) is 4.99 Å². The number of carbonyl (C=O) groups is 1. The summed E-state index contributed by atoms with van der Waals surface area (Å²) in [6, 6.07) is 9.99. The van der Waals surface area contributed by atoms with Gasteiger partial charge in [-0.25, -0.2) is 18.2 Å². The van der Waals surface area contributed by atoms with Gasteiger partial charge in [0.2, 0.25) is 0 Å². The number of aromatic amines is 1. The van der Waals surface area contributed by atoms with Crippen LogP contribution in [0.25, 0.3) is 11.3 Å². The van der Waals surface area contributed by atoms with Crippen LogP contribution in [-0.2, 0) is 0 Å². The van der Waals surface area contributed by atoms with Crippen molar-refractivity contribution >= 4 is 11.6 Å². The van der Waals surface area contributed by atoms with Gasteiger partial charge in [0.05, 0.1) is 28.1 Å². The molecule has 0 fully saturated rings. The number of rotatable bonds is 2. The molecule has 2 heterocycles. The van der Waals surface area contributed by atoms with Crippen molar-refractivity contribution in [1.82, 2.24) is 4.98 Å². The number of carbonyl (C=O) groups excluding carboxylic acids is 1. The zero-order valence-electron chi connectivity index (χ0n) is 12.5. The molecule has 0 spiro atoms. The molecule has 2 aromatic carbocycles. The summed E-state index contributed by atoms with van der Waals surface area (Å²) in [6.07, 6.45) is 0. The molecule has 124 valence electrons. The first-order chi connectivity index (χ1) is 12.0. The average Bonchev–Trinajstić information content (AvgIpc) is 3.12. The maximum absolute atomic E-state index is 14.1. The van der Waals surface area contributed by atoms with Gasteiger partial charge in [0, 0.05) is 0 Å². The van der Waals surface area contributed by atoms with Crippen LogP contribution in [0.5, 0.6) is 5.88 Å². The predicted octanol–water partition coefficient (Wildman–Crippen LogP) is 3.80. The second kappa shape index (κ2) is 5.34. The second-order valence-electron chi connectivity index (χ2n) is 5.45. The summed E-state index contributed by atoms with van der Waals surface area (Å²) in [5.74, 6) is -5.08. The molecule has 1 aliphatic heterocycles. The quantitative estimate of drug-likeness (QED) is 0.696. The Kier molecular flexibility index (Phi) is 3.24. The highest BCUT2D eigenvalue weighted by Gasteiger charge is 2.36. The fraction of sp³-hybridized carbons (Fsp3) is 0. The van der Waals surface area contributed by atoms with Crippen LogP contribution in [0, 0.1) is 17.5 Å². The molecule has 0 atom stereocenters. The van der Waals surface area contributed by atoms with Crippen LogP contribution in [-0.4, -0.2) is 21.7 Å². The third-order valence-corrected chi connectivity index (χ3v) is 3.99. The lowest BCUT2D eigenvalue weighted by molar-refractivity contribution is 0.101. The summed E-state index contributed by atoms with van der Waals surface area (Å²) in [6.45, 7) is 0. The van der Waals surface area contributed by atoms with E-state index >= 15 is 0 Å². The molecule has 4 nitrogen and oxygen atoms in total. The number of nitrogens with zero attached hydrogens (tertiary/aromatic N) is 1. The minimum Gasteiger partial charge on any atom is -0.494 e. The largest absolute Gasteiger partial charge is 0.494 e. The number of halogens is 3. The van der Waals surface area contributed by atoms with Gasteiger partial charge in [-0.3, -0.25) is 4.79 Å². The molecule has 1 amide bonds. The van der Waals surface area contributed by atoms with Gasteiger partial charge in [0.1, 0.15) is 5.82 Å². The smallest absolute Gasteiger partial charge is 0.280 e. The summed E-state index contributed by atoms with van der Waals surface area (Å²) >= 11 is 0. The highest BCUT2D eigenvalue weighted by atomic mass is 19.2. The van der Waals surface area contributed by atoms with E-state index < -0.39 is 40.5 Å². The first-order valence-corrected chi connectivity index (χ1v) is 7.26. The Bertz CT molecular complexity index is 1060. The molecule has 2 N–H and O–H groups in total. The summed E-state index contributed by atoms with van der Waals surface area (Å²) < 4.78 is 41.7. The molecule has 0 unspecified atom stereocenters. The minimum absolute atomic E-state index is 0.0123. The number of benzene rings is 2. The first-order valence-electron chi connectivity index (χ1n) is 7.26. The Labute approximate surface area is 139 Å². The topological polar surface area (TPSA) is 65.4 Å². The van der Waals surface area contributed by atoms with Gasteiger partial charge in [0.15, 0.2) is 17.5 Å². The summed E-state index contributed by atoms with van der Waals surface area (Å²) in [7, 11) is 0. The van der Waals surface area contributed by atoms with E-state index in [4.69, 9.17) is 0 Å². The second-order valence-corrected chi connectivity index (χ2v) is 5.45. The highest BCUT2D eigenvalue weighted by molar-refractivity contribution is 6.30. The number of aromatic nitrogens is 1. The molecule has 1 aromatic heterocycles. The van der Waals surface area contributed by atoms with Crippen LogP contribution in [0.3, 0.4) is 0 Å². The molecule has 4 rings (SSSR count). The van der Waals surface area contributed by atoms with Crippen LogP contribution in [0.1, 0.15) is 21.5 Å². The summed E-state index contributed by atoms with van der Waals surface area (Å²) in [5.41, 5.74) is -0.529. The molecule has 1 aliphatic rings. The number of H-pyrrole nitrogens is 1. The normalized spacial score (nSPS) is 13.1. The van der Waals surface area contributed by atoms with E-state index in [9.17, 15) is 23.1 Å². The number of hydrogen-bond acceptors (Lipinski definition) is 2. The summed E-state index contributed by atoms with van der Waals surface area (Å²) in [5, 5.41) is 10.2. The van der Waals surface area contributed by atoms with E-state index in [0.717, 1.165) is 6.07 Å². The molecular formula is C18H9F3N2O2. The standard InChI is InChI=1S/C18H9F3N2O2/c19-9-6-7-10(20)14(21)11(9)16-13-12(17(24)23-16)15(22-18(13)25)8-4-2-1-3-5-8/h1-7,22,25H. The van der Waals surface area contributed by atoms with Gasteiger partial charge < -0.3 is 10.1 Å². The Balaban J connectivity index is 1.97. The Morgan fingerprint density at radius 3 is 2.28 bits per heavy atom. The van der Waals surface area contributed by atoms with Crippen LogP contribution in [0.4, 0.5) is 13.2 Å². The molecule has 0 radical (unpaired) electrons. The average molecular weight is 342 g/mol. The van der Waals surface area contributed by atoms with Crippen LogP contribution in [0.15, 0.2) is 47.5 Å². The first kappa shape index (κ1) is 15.2. The maximum atomic E-state index is 14.1. The monoisotopic (exact) mass is 342 g/mol. The van der Waals surface area contributed by atoms with Crippen molar-refractivity contribution in [2.75, 3.05) is 0 Å². The fourth-order valence-electron chi connectivity index (χ4n) is 2.89. The minimum atomic E-state index is -1.47. The van der Waals surface area contributed by atoms with Gasteiger partial charge in [-0.2, -0.15) is 0 Å². The highest BCUT2D eigenvalue weighted by Crippen LogP contribution is 2.38. The zero-order valence-corrected chi connectivity index (χ0v) is 12.5. The lowest BCUT2D eigenvalue weighted by Crippen LogP contribution is -2.08. The summed E-state index contributed by atoms with van der Waals surface area (Å²) in [4.78, 5) is 18.6. The van der Waals surface area contributed by atoms with Crippen molar-refractivity contribution in [3.05, 3.63) is 76.6 Å². The number of aromatic hydroxyl groups is 1. The molecule has 0 aliphatic carbocycles. The van der Waals surface area contributed by atoms with Crippen LogP contribution >= 0.6 is 0 Å². The molecule has 7 heteroatoms. The Hall–Kier alpha value is -3.35. The van der Waals surface area contributed by atoms with E-state index in [0.29, 0.717) is 11.6 Å². The van der Waals surface area contributed by atoms with Crippen molar-refractivity contribution in [3.8, 4) is 17.1 Å². The SMILES string of the molecule is O=C1N=C(c2c(F)ccc(F)c2F)c2c(O)[nH]c(-c3ccccc3)c21. The van der Waals surface area contributed by atoms with Crippen LogP contribution in [0.2, 0.25) is 0 Å². The lowest BCUT2D eigenvalue weighted by atomic mass is 9.99. The van der Waals surface area contributed by atoms with Crippen molar-refractivity contribution in [1.29, 1.82) is 0 Å². The number of amides is 1. The third-order valence-electron chi connectivity index (χ3n) is 3.99. The van der Waals surface area contributed by atoms with Gasteiger partial charge in [0.25, 0.3) is 5.91 Å². The van der Waals surface area contributed by atoms with Crippen molar-refractivity contribution < 1.29 is 23.1 Å². The third kappa shape index (κ3) is 2.16. The molecule has 0 saturated carbocycles. The van der Waals surface area contributed by atoms with Gasteiger partial charge >= 0.3 is 0 Å². The lowest BCUT2D eigenvalue weighted by Gasteiger charge is -2.05. The predicted molar refractivity (Wildman–Crippen MR) is 84.2 cm³/mol.